The number of halogens is 1. The molecule has 2 amide bonds. The van der Waals surface area contributed by atoms with Crippen molar-refractivity contribution in [3.8, 4) is 5.75 Å². The number of benzene rings is 2. The van der Waals surface area contributed by atoms with E-state index in [0.717, 1.165) is 10.0 Å². The van der Waals surface area contributed by atoms with Crippen LogP contribution in [0, 0.1) is 6.92 Å². The molecule has 0 atom stereocenters. The molecular formula is C18H19BrN2O3. The minimum atomic E-state index is -0.732. The summed E-state index contributed by atoms with van der Waals surface area (Å²) in [4.78, 5) is 23.9. The number of carbonyl (C=O) groups is 2. The molecule has 2 aromatic rings. The van der Waals surface area contributed by atoms with Crippen LogP contribution in [-0.2, 0) is 9.59 Å². The maximum Gasteiger partial charge on any atom is 0.314 e. The van der Waals surface area contributed by atoms with E-state index in [9.17, 15) is 9.59 Å². The van der Waals surface area contributed by atoms with Crippen LogP contribution in [0.3, 0.4) is 0 Å². The monoisotopic (exact) mass is 390 g/mol. The summed E-state index contributed by atoms with van der Waals surface area (Å²) in [5, 5.41) is 5.11. The molecule has 0 saturated heterocycles. The van der Waals surface area contributed by atoms with E-state index in [-0.39, 0.29) is 6.10 Å². The highest BCUT2D eigenvalue weighted by Gasteiger charge is 2.14. The first-order valence-electron chi connectivity index (χ1n) is 7.50. The van der Waals surface area contributed by atoms with Gasteiger partial charge in [-0.25, -0.2) is 0 Å². The Morgan fingerprint density at radius 3 is 2.04 bits per heavy atom. The molecule has 5 nitrogen and oxygen atoms in total. The topological polar surface area (TPSA) is 67.4 Å². The second-order valence-electron chi connectivity index (χ2n) is 5.56. The first-order valence-corrected chi connectivity index (χ1v) is 8.29. The molecule has 24 heavy (non-hydrogen) atoms. The predicted octanol–water partition coefficient (Wildman–Crippen LogP) is 4.12. The van der Waals surface area contributed by atoms with E-state index in [4.69, 9.17) is 4.74 Å². The van der Waals surface area contributed by atoms with E-state index in [2.05, 4.69) is 26.6 Å². The summed E-state index contributed by atoms with van der Waals surface area (Å²) in [6.45, 7) is 5.81. The van der Waals surface area contributed by atoms with Crippen LogP contribution in [0.25, 0.3) is 0 Å². The smallest absolute Gasteiger partial charge is 0.314 e. The number of anilines is 2. The SMILES string of the molecule is Cc1ccc(NC(=O)C(=O)Nc2ccc(OC(C)C)cc2)cc1Br. The summed E-state index contributed by atoms with van der Waals surface area (Å²) in [6, 6.07) is 12.2. The van der Waals surface area contributed by atoms with E-state index in [0.29, 0.717) is 17.1 Å². The summed E-state index contributed by atoms with van der Waals surface area (Å²) in [7, 11) is 0. The number of hydrogen-bond acceptors (Lipinski definition) is 3. The Bertz CT molecular complexity index is 742. The number of nitrogens with one attached hydrogen (secondary N) is 2. The van der Waals surface area contributed by atoms with Gasteiger partial charge in [0, 0.05) is 15.8 Å². The number of ether oxygens (including phenoxy) is 1. The number of rotatable bonds is 4. The largest absolute Gasteiger partial charge is 0.491 e. The quantitative estimate of drug-likeness (QED) is 0.771. The Hall–Kier alpha value is -2.34. The van der Waals surface area contributed by atoms with Gasteiger partial charge in [-0.3, -0.25) is 9.59 Å². The molecule has 0 saturated carbocycles. The van der Waals surface area contributed by atoms with Gasteiger partial charge in [0.1, 0.15) is 5.75 Å². The van der Waals surface area contributed by atoms with Crippen LogP contribution in [0.1, 0.15) is 19.4 Å². The molecule has 2 rings (SSSR count). The van der Waals surface area contributed by atoms with Crippen LogP contribution in [0.15, 0.2) is 46.9 Å². The number of amides is 2. The molecule has 2 N–H and O–H groups in total. The molecule has 0 aromatic heterocycles. The fourth-order valence-electron chi connectivity index (χ4n) is 1.94. The van der Waals surface area contributed by atoms with Crippen molar-refractivity contribution in [2.45, 2.75) is 26.9 Å². The fraction of sp³-hybridized carbons (Fsp3) is 0.222. The van der Waals surface area contributed by atoms with Gasteiger partial charge in [0.25, 0.3) is 0 Å². The molecule has 2 aromatic carbocycles. The molecule has 0 aliphatic rings. The zero-order chi connectivity index (χ0) is 17.7. The Morgan fingerprint density at radius 1 is 0.958 bits per heavy atom. The van der Waals surface area contributed by atoms with Crippen LogP contribution in [-0.4, -0.2) is 17.9 Å². The lowest BCUT2D eigenvalue weighted by Crippen LogP contribution is -2.29. The van der Waals surface area contributed by atoms with Gasteiger partial charge in [0.15, 0.2) is 0 Å². The maximum absolute atomic E-state index is 12.0. The third-order valence-corrected chi connectivity index (χ3v) is 3.97. The average molecular weight is 391 g/mol. The van der Waals surface area contributed by atoms with Crippen molar-refractivity contribution in [2.75, 3.05) is 10.6 Å². The minimum Gasteiger partial charge on any atom is -0.491 e. The van der Waals surface area contributed by atoms with Crippen molar-refractivity contribution in [1.82, 2.24) is 0 Å². The molecule has 0 bridgehead atoms. The second-order valence-corrected chi connectivity index (χ2v) is 6.42. The van der Waals surface area contributed by atoms with Crippen LogP contribution >= 0.6 is 15.9 Å². The number of hydrogen-bond donors (Lipinski definition) is 2. The van der Waals surface area contributed by atoms with Gasteiger partial charge in [0.2, 0.25) is 0 Å². The zero-order valence-electron chi connectivity index (χ0n) is 13.7. The van der Waals surface area contributed by atoms with Crippen LogP contribution in [0.2, 0.25) is 0 Å². The van der Waals surface area contributed by atoms with E-state index < -0.39 is 11.8 Å². The highest BCUT2D eigenvalue weighted by atomic mass is 79.9. The summed E-state index contributed by atoms with van der Waals surface area (Å²) >= 11 is 3.39. The highest BCUT2D eigenvalue weighted by Crippen LogP contribution is 2.21. The highest BCUT2D eigenvalue weighted by molar-refractivity contribution is 9.10. The molecular weight excluding hydrogens is 372 g/mol. The van der Waals surface area contributed by atoms with Crippen molar-refractivity contribution in [3.63, 3.8) is 0 Å². The van der Waals surface area contributed by atoms with Crippen LogP contribution < -0.4 is 15.4 Å². The average Bonchev–Trinajstić information content (AvgIpc) is 2.52. The van der Waals surface area contributed by atoms with Gasteiger partial charge in [-0.05, 0) is 62.7 Å². The number of aryl methyl sites for hydroxylation is 1. The third kappa shape index (κ3) is 5.09. The number of carbonyl (C=O) groups excluding carboxylic acids is 2. The van der Waals surface area contributed by atoms with Gasteiger partial charge in [-0.1, -0.05) is 22.0 Å². The van der Waals surface area contributed by atoms with E-state index >= 15 is 0 Å². The predicted molar refractivity (Wildman–Crippen MR) is 98.3 cm³/mol. The normalized spacial score (nSPS) is 10.4. The van der Waals surface area contributed by atoms with Gasteiger partial charge in [0.05, 0.1) is 6.10 Å². The molecule has 0 aliphatic carbocycles. The van der Waals surface area contributed by atoms with Crippen molar-refractivity contribution < 1.29 is 14.3 Å². The molecule has 0 fully saturated rings. The third-order valence-electron chi connectivity index (χ3n) is 3.12. The van der Waals surface area contributed by atoms with Crippen molar-refractivity contribution >= 4 is 39.1 Å². The Labute approximate surface area is 149 Å². The molecule has 0 heterocycles. The van der Waals surface area contributed by atoms with Gasteiger partial charge < -0.3 is 15.4 Å². The van der Waals surface area contributed by atoms with Gasteiger partial charge >= 0.3 is 11.8 Å². The van der Waals surface area contributed by atoms with Crippen molar-refractivity contribution in [3.05, 3.63) is 52.5 Å². The summed E-state index contributed by atoms with van der Waals surface area (Å²) in [5.41, 5.74) is 2.12. The molecule has 0 radical (unpaired) electrons. The Kier molecular flexibility index (Phi) is 5.98. The lowest BCUT2D eigenvalue weighted by Gasteiger charge is -2.11. The zero-order valence-corrected chi connectivity index (χ0v) is 15.3. The summed E-state index contributed by atoms with van der Waals surface area (Å²) < 4.78 is 6.39. The molecule has 0 spiro atoms. The van der Waals surface area contributed by atoms with Crippen molar-refractivity contribution in [1.29, 1.82) is 0 Å². The minimum absolute atomic E-state index is 0.0741. The molecule has 0 aliphatic heterocycles. The van der Waals surface area contributed by atoms with Gasteiger partial charge in [-0.15, -0.1) is 0 Å². The van der Waals surface area contributed by atoms with E-state index in [1.54, 1.807) is 36.4 Å². The van der Waals surface area contributed by atoms with Crippen LogP contribution in [0.4, 0.5) is 11.4 Å². The summed E-state index contributed by atoms with van der Waals surface area (Å²) in [5.74, 6) is -0.755. The maximum atomic E-state index is 12.0. The van der Waals surface area contributed by atoms with E-state index in [1.807, 2.05) is 26.8 Å². The Morgan fingerprint density at radius 2 is 1.50 bits per heavy atom. The molecule has 126 valence electrons. The first-order chi connectivity index (χ1) is 11.3. The van der Waals surface area contributed by atoms with Crippen molar-refractivity contribution in [2.24, 2.45) is 0 Å². The summed E-state index contributed by atoms with van der Waals surface area (Å²) in [6.07, 6.45) is 0.0741. The lowest BCUT2D eigenvalue weighted by atomic mass is 10.2. The fourth-order valence-corrected chi connectivity index (χ4v) is 2.31. The molecule has 6 heteroatoms. The first kappa shape index (κ1) is 18.0. The van der Waals surface area contributed by atoms with E-state index in [1.165, 1.54) is 0 Å². The standard InChI is InChI=1S/C18H19BrN2O3/c1-11(2)24-15-8-6-13(7-9-15)20-17(22)18(23)21-14-5-4-12(3)16(19)10-14/h4-11H,1-3H3,(H,20,22)(H,21,23). The van der Waals surface area contributed by atoms with Crippen LogP contribution in [0.5, 0.6) is 5.75 Å². The molecule has 0 unspecified atom stereocenters. The van der Waals surface area contributed by atoms with Gasteiger partial charge in [-0.2, -0.15) is 0 Å². The lowest BCUT2D eigenvalue weighted by molar-refractivity contribution is -0.132. The second kappa shape index (κ2) is 7.97. The Balaban J connectivity index is 1.95.